The van der Waals surface area contributed by atoms with E-state index < -0.39 is 18.9 Å². The van der Waals surface area contributed by atoms with E-state index in [1.807, 2.05) is 48.7 Å². The van der Waals surface area contributed by atoms with Crippen LogP contribution in [-0.2, 0) is 31.9 Å². The topological polar surface area (TPSA) is 46.0 Å². The molecule has 4 aromatic carbocycles. The first-order chi connectivity index (χ1) is 26.8. The zero-order chi connectivity index (χ0) is 40.8. The second-order valence-corrected chi connectivity index (χ2v) is 14.4. The maximum absolute atomic E-state index is 8.99. The van der Waals surface area contributed by atoms with Crippen LogP contribution in [0.1, 0.15) is 67.8 Å². The molecule has 0 aliphatic carbocycles. The molecule has 51 heavy (non-hydrogen) atoms. The number of aromatic nitrogens is 3. The molecule has 0 spiro atoms. The van der Waals surface area contributed by atoms with Gasteiger partial charge in [-0.2, -0.15) is 6.07 Å². The quantitative estimate of drug-likeness (QED) is 0.128. The summed E-state index contributed by atoms with van der Waals surface area (Å²) < 4.78 is 70.0. The van der Waals surface area contributed by atoms with E-state index in [0.717, 1.165) is 38.8 Å². The molecule has 7 aromatic rings. The molecule has 1 aliphatic rings. The molecule has 0 radical (unpaired) electrons. The van der Waals surface area contributed by atoms with E-state index in [1.54, 1.807) is 22.9 Å². The second kappa shape index (κ2) is 12.9. The number of para-hydroxylation sites is 3. The van der Waals surface area contributed by atoms with E-state index in [1.165, 1.54) is 16.7 Å². The van der Waals surface area contributed by atoms with Gasteiger partial charge in [-0.05, 0) is 52.2 Å². The molecule has 4 heterocycles. The van der Waals surface area contributed by atoms with Crippen molar-refractivity contribution in [3.05, 3.63) is 138 Å². The number of aryl methyl sites for hydroxylation is 1. The number of nitrogens with zero attached hydrogens (tertiary/aromatic N) is 5. The molecule has 254 valence electrons. The molecule has 0 fully saturated rings. The minimum atomic E-state index is -2.31. The molecule has 7 heteroatoms. The molecule has 0 saturated heterocycles. The summed E-state index contributed by atoms with van der Waals surface area (Å²) in [5.41, 5.74) is 4.53. The zero-order valence-electron chi connectivity index (χ0n) is 36.0. The van der Waals surface area contributed by atoms with Crippen molar-refractivity contribution in [2.24, 2.45) is 0 Å². The molecule has 8 rings (SSSR count). The summed E-state index contributed by atoms with van der Waals surface area (Å²) in [6.45, 7) is 10.3. The van der Waals surface area contributed by atoms with Crippen LogP contribution < -0.4 is 13.9 Å². The Hall–Kier alpha value is -5.15. The van der Waals surface area contributed by atoms with E-state index in [0.29, 0.717) is 17.1 Å². The minimum absolute atomic E-state index is 0. The number of hydrogen-bond donors (Lipinski definition) is 0. The predicted octanol–water partition coefficient (Wildman–Crippen LogP) is 10.7. The van der Waals surface area contributed by atoms with Gasteiger partial charge in [0, 0.05) is 45.8 Å². The molecule has 0 atom stereocenters. The van der Waals surface area contributed by atoms with Crippen LogP contribution in [0.15, 0.2) is 109 Å². The van der Waals surface area contributed by atoms with Gasteiger partial charge in [-0.3, -0.25) is 4.98 Å². The average Bonchev–Trinajstić information content (AvgIpc) is 3.72. The minimum Gasteiger partial charge on any atom is -0.484 e. The van der Waals surface area contributed by atoms with Gasteiger partial charge in [0.2, 0.25) is 5.69 Å². The smallest absolute Gasteiger partial charge is 0.484 e. The Morgan fingerprint density at radius 2 is 1.53 bits per heavy atom. The SMILES string of the molecule is [2H]c1c([2H])c([2H])c2c(c1[2H])[N+](c1[c-]c(Oc3[c-]c4c(cn3)c3ccccc3n4-c3cc(C(C)(C)C)ccn3)cc(C(C)(C)C)c1)=C=[N+]2c1ccc(C([2H])([2H])[2H])cc1.[Pt+2]. The fourth-order valence-electron chi connectivity index (χ4n) is 6.11. The van der Waals surface area contributed by atoms with Crippen molar-refractivity contribution < 1.29 is 35.4 Å². The van der Waals surface area contributed by atoms with Crippen LogP contribution in [0.3, 0.4) is 0 Å². The number of hydrogen-bond acceptors (Lipinski definition) is 3. The van der Waals surface area contributed by atoms with Crippen molar-refractivity contribution in [2.45, 2.75) is 59.2 Å². The number of ether oxygens (including phenoxy) is 1. The number of rotatable bonds is 5. The fraction of sp³-hybridized carbons (Fsp3) is 0.205. The van der Waals surface area contributed by atoms with Crippen LogP contribution in [-0.4, -0.2) is 20.5 Å². The van der Waals surface area contributed by atoms with E-state index in [-0.39, 0.29) is 66.8 Å². The zero-order valence-corrected chi connectivity index (χ0v) is 31.3. The Morgan fingerprint density at radius 3 is 2.25 bits per heavy atom. The summed E-state index contributed by atoms with van der Waals surface area (Å²) in [5.74, 6) is 1.24. The van der Waals surface area contributed by atoms with Gasteiger partial charge < -0.3 is 9.30 Å². The molecule has 3 aromatic heterocycles. The number of benzene rings is 4. The summed E-state index contributed by atoms with van der Waals surface area (Å²) in [4.78, 5) is 9.45. The first-order valence-corrected chi connectivity index (χ1v) is 16.4. The third-order valence-corrected chi connectivity index (χ3v) is 8.86. The molecular formula is C44H39N5OPt+2. The maximum Gasteiger partial charge on any atom is 2.00 e. The summed E-state index contributed by atoms with van der Waals surface area (Å²) in [6.07, 6.45) is 3.59. The summed E-state index contributed by atoms with van der Waals surface area (Å²) in [7, 11) is 0. The van der Waals surface area contributed by atoms with Gasteiger partial charge >= 0.3 is 27.1 Å². The molecule has 0 bridgehead atoms. The predicted molar refractivity (Wildman–Crippen MR) is 203 cm³/mol. The van der Waals surface area contributed by atoms with Gasteiger partial charge in [0.15, 0.2) is 0 Å². The molecule has 0 N–H and O–H groups in total. The summed E-state index contributed by atoms with van der Waals surface area (Å²) >= 11 is 0. The van der Waals surface area contributed by atoms with Crippen LogP contribution in [0.4, 0.5) is 22.7 Å². The Morgan fingerprint density at radius 1 is 0.804 bits per heavy atom. The monoisotopic (exact) mass is 855 g/mol. The molecule has 6 nitrogen and oxygen atoms in total. The van der Waals surface area contributed by atoms with E-state index in [4.69, 9.17) is 19.3 Å². The summed E-state index contributed by atoms with van der Waals surface area (Å²) in [5, 5.41) is 1.88. The Kier molecular flexibility index (Phi) is 6.72. The molecule has 0 amide bonds. The normalized spacial score (nSPS) is 15.0. The van der Waals surface area contributed by atoms with Gasteiger partial charge in [0.25, 0.3) is 11.4 Å². The van der Waals surface area contributed by atoms with E-state index >= 15 is 0 Å². The Labute approximate surface area is 323 Å². The van der Waals surface area contributed by atoms with E-state index in [2.05, 4.69) is 75.3 Å². The fourth-order valence-corrected chi connectivity index (χ4v) is 6.11. The van der Waals surface area contributed by atoms with Gasteiger partial charge in [-0.25, -0.2) is 4.98 Å². The molecule has 0 saturated carbocycles. The summed E-state index contributed by atoms with van der Waals surface area (Å²) in [6, 6.07) is 30.7. The van der Waals surface area contributed by atoms with Gasteiger partial charge in [0.05, 0.1) is 5.48 Å². The Bertz CT molecular complexity index is 2870. The first-order valence-electron chi connectivity index (χ1n) is 19.9. The molecular weight excluding hydrogens is 810 g/mol. The van der Waals surface area contributed by atoms with Crippen molar-refractivity contribution in [2.75, 3.05) is 0 Å². The third-order valence-electron chi connectivity index (χ3n) is 8.86. The van der Waals surface area contributed by atoms with Crippen molar-refractivity contribution in [1.29, 1.82) is 0 Å². The number of fused-ring (bicyclic) bond motifs is 4. The van der Waals surface area contributed by atoms with Gasteiger partial charge in [0.1, 0.15) is 17.4 Å². The maximum atomic E-state index is 8.99. The van der Waals surface area contributed by atoms with Gasteiger partial charge in [-0.15, -0.1) is 22.5 Å². The third kappa shape index (κ3) is 6.35. The van der Waals surface area contributed by atoms with Crippen LogP contribution in [0.2, 0.25) is 0 Å². The van der Waals surface area contributed by atoms with Crippen LogP contribution >= 0.6 is 0 Å². The first kappa shape index (κ1) is 26.6. The van der Waals surface area contributed by atoms with Crippen molar-refractivity contribution in [3.63, 3.8) is 0 Å². The van der Waals surface area contributed by atoms with Crippen LogP contribution in [0.5, 0.6) is 11.6 Å². The standard InChI is InChI=1S/C44H39N5O.Pt/c1-29-16-18-32(19-17-29)47-28-48(39-15-11-10-14-38(39)47)33-22-31(44(5,6)7)23-34(25-33)50-42-26-40-36(27-46-42)35-12-8-9-13-37(35)49(40)41-24-30(20-21-45-41)43(2,3)4;/h8-24,27H,1-7H3;/q;+2/i1D3,10D,11D,14D,15D;. The van der Waals surface area contributed by atoms with Crippen LogP contribution in [0.25, 0.3) is 27.6 Å². The molecule has 0 unspecified atom stereocenters. The van der Waals surface area contributed by atoms with Crippen molar-refractivity contribution in [1.82, 2.24) is 23.7 Å². The van der Waals surface area contributed by atoms with Gasteiger partial charge in [-0.1, -0.05) is 112 Å². The second-order valence-electron chi connectivity index (χ2n) is 14.4. The number of pyridine rings is 2. The van der Waals surface area contributed by atoms with E-state index in [9.17, 15) is 0 Å². The van der Waals surface area contributed by atoms with Crippen molar-refractivity contribution in [3.8, 4) is 17.4 Å². The van der Waals surface area contributed by atoms with Crippen molar-refractivity contribution >= 4 is 50.6 Å². The largest absolute Gasteiger partial charge is 2.00 e. The molecule has 1 aliphatic heterocycles. The average molecular weight is 856 g/mol. The Balaban J connectivity index is 0.00000512. The van der Waals surface area contributed by atoms with Crippen LogP contribution in [0, 0.1) is 19.0 Å².